The minimum absolute atomic E-state index is 0.0126. The zero-order chi connectivity index (χ0) is 11.8. The third kappa shape index (κ3) is 3.29. The third-order valence-electron chi connectivity index (χ3n) is 1.31. The van der Waals surface area contributed by atoms with Gasteiger partial charge in [0.05, 0.1) is 21.3 Å². The highest BCUT2D eigenvalue weighted by Crippen LogP contribution is 2.42. The summed E-state index contributed by atoms with van der Waals surface area (Å²) in [6.45, 7) is 0. The minimum Gasteiger partial charge on any atom is -0.379 e. The summed E-state index contributed by atoms with van der Waals surface area (Å²) < 4.78 is 26.3. The summed E-state index contributed by atoms with van der Waals surface area (Å²) in [5.74, 6) is -0.227. The summed E-state index contributed by atoms with van der Waals surface area (Å²) in [6.07, 6.45) is 0.863. The average Bonchev–Trinajstić information content (AvgIpc) is 2.07. The summed E-state index contributed by atoms with van der Waals surface area (Å²) in [5, 5.41) is -0.0617. The van der Waals surface area contributed by atoms with Crippen LogP contribution in [0.3, 0.4) is 0 Å². The molecular formula is C7H4Cl4O3S. The fourth-order valence-corrected chi connectivity index (χ4v) is 2.33. The number of rotatable bonds is 2. The van der Waals surface area contributed by atoms with Gasteiger partial charge in [-0.1, -0.05) is 46.4 Å². The highest BCUT2D eigenvalue weighted by atomic mass is 35.5. The van der Waals surface area contributed by atoms with Crippen molar-refractivity contribution < 1.29 is 12.6 Å². The van der Waals surface area contributed by atoms with Gasteiger partial charge >= 0.3 is 10.1 Å². The second-order valence-corrected chi connectivity index (χ2v) is 5.73. The first kappa shape index (κ1) is 13.2. The monoisotopic (exact) mass is 308 g/mol. The Bertz CT molecular complexity index is 497. The molecule has 1 aromatic rings. The average molecular weight is 310 g/mol. The molecule has 0 aliphatic rings. The number of hydrogen-bond acceptors (Lipinski definition) is 3. The van der Waals surface area contributed by atoms with Gasteiger partial charge in [0.25, 0.3) is 0 Å². The van der Waals surface area contributed by atoms with Gasteiger partial charge in [-0.05, 0) is 6.07 Å². The first-order chi connectivity index (χ1) is 6.72. The van der Waals surface area contributed by atoms with Gasteiger partial charge in [0.2, 0.25) is 0 Å². The Kier molecular flexibility index (Phi) is 4.01. The highest BCUT2D eigenvalue weighted by molar-refractivity contribution is 7.86. The quantitative estimate of drug-likeness (QED) is 0.476. The van der Waals surface area contributed by atoms with E-state index in [2.05, 4.69) is 4.18 Å². The van der Waals surface area contributed by atoms with Gasteiger partial charge < -0.3 is 4.18 Å². The largest absolute Gasteiger partial charge is 0.379 e. The van der Waals surface area contributed by atoms with E-state index in [0.29, 0.717) is 0 Å². The molecule has 0 amide bonds. The van der Waals surface area contributed by atoms with E-state index in [4.69, 9.17) is 46.4 Å². The third-order valence-corrected chi connectivity index (χ3v) is 3.30. The van der Waals surface area contributed by atoms with Gasteiger partial charge in [0.15, 0.2) is 5.75 Å². The van der Waals surface area contributed by atoms with Crippen LogP contribution in [0.25, 0.3) is 0 Å². The Morgan fingerprint density at radius 1 is 1.07 bits per heavy atom. The maximum Gasteiger partial charge on any atom is 0.306 e. The molecule has 3 nitrogen and oxygen atoms in total. The van der Waals surface area contributed by atoms with Crippen molar-refractivity contribution in [3.05, 3.63) is 26.2 Å². The van der Waals surface area contributed by atoms with Crippen molar-refractivity contribution in [2.75, 3.05) is 6.26 Å². The molecule has 0 spiro atoms. The van der Waals surface area contributed by atoms with Crippen molar-refractivity contribution in [3.8, 4) is 5.75 Å². The van der Waals surface area contributed by atoms with Crippen LogP contribution in [-0.4, -0.2) is 14.7 Å². The van der Waals surface area contributed by atoms with Gasteiger partial charge in [-0.3, -0.25) is 0 Å². The molecule has 0 aliphatic carbocycles. The van der Waals surface area contributed by atoms with E-state index in [1.54, 1.807) is 0 Å². The molecule has 15 heavy (non-hydrogen) atoms. The van der Waals surface area contributed by atoms with Crippen LogP contribution in [0.5, 0.6) is 5.75 Å². The van der Waals surface area contributed by atoms with Crippen LogP contribution in [0.15, 0.2) is 6.07 Å². The van der Waals surface area contributed by atoms with Crippen molar-refractivity contribution in [1.29, 1.82) is 0 Å². The summed E-state index contributed by atoms with van der Waals surface area (Å²) in [5.41, 5.74) is 0. The molecule has 0 saturated carbocycles. The van der Waals surface area contributed by atoms with Gasteiger partial charge in [0, 0.05) is 0 Å². The second kappa shape index (κ2) is 4.55. The summed E-state index contributed by atoms with van der Waals surface area (Å²) in [4.78, 5) is 0. The van der Waals surface area contributed by atoms with Crippen molar-refractivity contribution in [3.63, 3.8) is 0 Å². The Labute approximate surface area is 107 Å². The Morgan fingerprint density at radius 3 is 2.07 bits per heavy atom. The zero-order valence-corrected chi connectivity index (χ0v) is 11.1. The van der Waals surface area contributed by atoms with E-state index in [0.717, 1.165) is 6.26 Å². The fraction of sp³-hybridized carbons (Fsp3) is 0.143. The van der Waals surface area contributed by atoms with Gasteiger partial charge in [-0.15, -0.1) is 0 Å². The molecule has 8 heteroatoms. The topological polar surface area (TPSA) is 43.4 Å². The molecule has 0 bridgehead atoms. The lowest BCUT2D eigenvalue weighted by atomic mass is 10.3. The van der Waals surface area contributed by atoms with E-state index in [-0.39, 0.29) is 25.8 Å². The van der Waals surface area contributed by atoms with Crippen LogP contribution >= 0.6 is 46.4 Å². The van der Waals surface area contributed by atoms with Crippen molar-refractivity contribution >= 4 is 56.5 Å². The lowest BCUT2D eigenvalue weighted by Crippen LogP contribution is -2.06. The molecule has 84 valence electrons. The maximum atomic E-state index is 10.9. The van der Waals surface area contributed by atoms with Gasteiger partial charge in [-0.2, -0.15) is 8.42 Å². The fourth-order valence-electron chi connectivity index (χ4n) is 0.777. The van der Waals surface area contributed by atoms with Crippen molar-refractivity contribution in [2.45, 2.75) is 0 Å². The van der Waals surface area contributed by atoms with Gasteiger partial charge in [-0.25, -0.2) is 0 Å². The predicted octanol–water partition coefficient (Wildman–Crippen LogP) is 3.64. The smallest absolute Gasteiger partial charge is 0.306 e. The standard InChI is InChI=1S/C7H4Cl4O3S/c1-15(12,13)14-7-4(9)2-3(8)5(10)6(7)11/h2H,1H3. The predicted molar refractivity (Wildman–Crippen MR) is 62.0 cm³/mol. The molecular weight excluding hydrogens is 306 g/mol. The summed E-state index contributed by atoms with van der Waals surface area (Å²) in [6, 6.07) is 1.25. The van der Waals surface area contributed by atoms with Crippen LogP contribution in [-0.2, 0) is 10.1 Å². The second-order valence-electron chi connectivity index (χ2n) is 2.58. The molecule has 0 aromatic heterocycles. The highest BCUT2D eigenvalue weighted by Gasteiger charge is 2.18. The number of halogens is 4. The van der Waals surface area contributed by atoms with E-state index >= 15 is 0 Å². The van der Waals surface area contributed by atoms with Gasteiger partial charge in [0.1, 0.15) is 5.02 Å². The van der Waals surface area contributed by atoms with E-state index in [1.807, 2.05) is 0 Å². The maximum absolute atomic E-state index is 10.9. The molecule has 1 aromatic carbocycles. The lowest BCUT2D eigenvalue weighted by molar-refractivity contribution is 0.493. The van der Waals surface area contributed by atoms with Crippen LogP contribution in [0.2, 0.25) is 20.1 Å². The van der Waals surface area contributed by atoms with Crippen LogP contribution in [0.1, 0.15) is 0 Å². The molecule has 0 atom stereocenters. The molecule has 0 N–H and O–H groups in total. The van der Waals surface area contributed by atoms with E-state index in [1.165, 1.54) is 6.07 Å². The zero-order valence-electron chi connectivity index (χ0n) is 7.22. The van der Waals surface area contributed by atoms with E-state index < -0.39 is 10.1 Å². The first-order valence-electron chi connectivity index (χ1n) is 3.45. The normalized spacial score (nSPS) is 11.5. The molecule has 0 unspecified atom stereocenters. The Balaban J connectivity index is 3.37. The molecule has 0 radical (unpaired) electrons. The van der Waals surface area contributed by atoms with Crippen LogP contribution < -0.4 is 4.18 Å². The number of benzene rings is 1. The molecule has 1 rings (SSSR count). The number of hydrogen-bond donors (Lipinski definition) is 0. The summed E-state index contributed by atoms with van der Waals surface area (Å²) >= 11 is 22.8. The van der Waals surface area contributed by atoms with Crippen LogP contribution in [0, 0.1) is 0 Å². The minimum atomic E-state index is -3.72. The Hall–Kier alpha value is 0.130. The molecule has 0 aliphatic heterocycles. The summed E-state index contributed by atoms with van der Waals surface area (Å²) in [7, 11) is -3.72. The molecule has 0 saturated heterocycles. The Morgan fingerprint density at radius 2 is 1.60 bits per heavy atom. The first-order valence-corrected chi connectivity index (χ1v) is 6.77. The molecule has 0 heterocycles. The van der Waals surface area contributed by atoms with Crippen molar-refractivity contribution in [1.82, 2.24) is 0 Å². The van der Waals surface area contributed by atoms with Crippen molar-refractivity contribution in [2.24, 2.45) is 0 Å². The SMILES string of the molecule is CS(=O)(=O)Oc1c(Cl)cc(Cl)c(Cl)c1Cl. The molecule has 0 fully saturated rings. The van der Waals surface area contributed by atoms with E-state index in [9.17, 15) is 8.42 Å². The lowest BCUT2D eigenvalue weighted by Gasteiger charge is -2.09. The van der Waals surface area contributed by atoms with Crippen LogP contribution in [0.4, 0.5) is 0 Å².